The van der Waals surface area contributed by atoms with Gasteiger partial charge in [-0.15, -0.1) is 10.2 Å². The molecule has 4 rings (SSSR count). The van der Waals surface area contributed by atoms with Crippen LogP contribution in [0.1, 0.15) is 31.2 Å². The van der Waals surface area contributed by atoms with Crippen LogP contribution in [0.3, 0.4) is 0 Å². The molecule has 1 N–H and O–H groups in total. The van der Waals surface area contributed by atoms with Crippen LogP contribution in [0.4, 0.5) is 5.69 Å². The second-order valence-corrected chi connectivity index (χ2v) is 9.59. The zero-order valence-corrected chi connectivity index (χ0v) is 20.4. The first-order chi connectivity index (χ1) is 16.0. The summed E-state index contributed by atoms with van der Waals surface area (Å²) in [6, 6.07) is 15.5. The fourth-order valence-electron chi connectivity index (χ4n) is 3.58. The highest BCUT2D eigenvalue weighted by Crippen LogP contribution is 2.25. The molecule has 1 aliphatic heterocycles. The van der Waals surface area contributed by atoms with Gasteiger partial charge in [-0.05, 0) is 47.9 Å². The number of thioether (sulfide) groups is 1. The Bertz CT molecular complexity index is 1060. The predicted octanol–water partition coefficient (Wildman–Crippen LogP) is 4.61. The highest BCUT2D eigenvalue weighted by molar-refractivity contribution is 7.99. The molecule has 9 heteroatoms. The van der Waals surface area contributed by atoms with Gasteiger partial charge in [0.15, 0.2) is 11.0 Å². The Morgan fingerprint density at radius 3 is 2.45 bits per heavy atom. The number of aromatic nitrogens is 3. The Balaban J connectivity index is 1.46. The van der Waals surface area contributed by atoms with E-state index in [1.807, 2.05) is 53.1 Å². The molecule has 174 valence electrons. The van der Waals surface area contributed by atoms with Gasteiger partial charge in [-0.1, -0.05) is 49.3 Å². The van der Waals surface area contributed by atoms with Crippen LogP contribution < -0.4 is 5.32 Å². The van der Waals surface area contributed by atoms with Crippen LogP contribution in [0.25, 0.3) is 5.69 Å². The average Bonchev–Trinajstić information content (AvgIpc) is 3.21. The highest BCUT2D eigenvalue weighted by Gasteiger charge is 2.20. The second kappa shape index (κ2) is 11.2. The van der Waals surface area contributed by atoms with Crippen LogP contribution in [0.2, 0.25) is 5.02 Å². The molecular weight excluding hydrogens is 458 g/mol. The van der Waals surface area contributed by atoms with Crippen LogP contribution >= 0.6 is 23.4 Å². The number of halogens is 1. The van der Waals surface area contributed by atoms with Crippen molar-refractivity contribution < 1.29 is 9.53 Å². The van der Waals surface area contributed by atoms with Crippen molar-refractivity contribution in [3.63, 3.8) is 0 Å². The number of anilines is 1. The molecule has 0 saturated carbocycles. The molecule has 2 aromatic carbocycles. The monoisotopic (exact) mass is 485 g/mol. The number of amides is 1. The number of morpholine rings is 1. The minimum absolute atomic E-state index is 0.0855. The van der Waals surface area contributed by atoms with Crippen LogP contribution in [0.5, 0.6) is 0 Å². The Kier molecular flexibility index (Phi) is 8.03. The van der Waals surface area contributed by atoms with Gasteiger partial charge >= 0.3 is 0 Å². The lowest BCUT2D eigenvalue weighted by molar-refractivity contribution is -0.113. The minimum atomic E-state index is -0.0855. The lowest BCUT2D eigenvalue weighted by Gasteiger charge is -2.26. The van der Waals surface area contributed by atoms with E-state index in [9.17, 15) is 4.79 Å². The maximum Gasteiger partial charge on any atom is 0.234 e. The SMILES string of the molecule is CC(C)c1ccc(NC(=O)CSc2nnc(CN3CCOCC3)n2-c2ccc(Cl)cc2)cc1. The topological polar surface area (TPSA) is 72.3 Å². The largest absolute Gasteiger partial charge is 0.379 e. The summed E-state index contributed by atoms with van der Waals surface area (Å²) in [5.74, 6) is 1.43. The third-order valence-electron chi connectivity index (χ3n) is 5.45. The van der Waals surface area contributed by atoms with Gasteiger partial charge in [0.1, 0.15) is 0 Å². The summed E-state index contributed by atoms with van der Waals surface area (Å²) in [4.78, 5) is 14.9. The molecule has 1 fully saturated rings. The van der Waals surface area contributed by atoms with Crippen molar-refractivity contribution in [1.29, 1.82) is 0 Å². The number of hydrogen-bond acceptors (Lipinski definition) is 6. The van der Waals surface area contributed by atoms with E-state index < -0.39 is 0 Å². The fraction of sp³-hybridized carbons (Fsp3) is 0.375. The molecule has 2 heterocycles. The summed E-state index contributed by atoms with van der Waals surface area (Å²) in [5.41, 5.74) is 2.95. The van der Waals surface area contributed by atoms with Gasteiger partial charge in [-0.25, -0.2) is 0 Å². The first kappa shape index (κ1) is 23.8. The third kappa shape index (κ3) is 6.35. The average molecular weight is 486 g/mol. The molecule has 0 aliphatic carbocycles. The highest BCUT2D eigenvalue weighted by atomic mass is 35.5. The normalized spacial score (nSPS) is 14.5. The van der Waals surface area contributed by atoms with E-state index in [-0.39, 0.29) is 11.7 Å². The number of benzene rings is 2. The van der Waals surface area contributed by atoms with Gasteiger partial charge in [0.25, 0.3) is 0 Å². The Morgan fingerprint density at radius 2 is 1.79 bits per heavy atom. The number of nitrogens with one attached hydrogen (secondary N) is 1. The lowest BCUT2D eigenvalue weighted by Crippen LogP contribution is -2.36. The molecule has 7 nitrogen and oxygen atoms in total. The number of rotatable bonds is 8. The maximum absolute atomic E-state index is 12.6. The van der Waals surface area contributed by atoms with Gasteiger partial charge < -0.3 is 10.1 Å². The second-order valence-electron chi connectivity index (χ2n) is 8.21. The van der Waals surface area contributed by atoms with Gasteiger partial charge in [0, 0.05) is 29.5 Å². The summed E-state index contributed by atoms with van der Waals surface area (Å²) in [7, 11) is 0. The van der Waals surface area contributed by atoms with E-state index in [1.54, 1.807) is 0 Å². The first-order valence-corrected chi connectivity index (χ1v) is 12.4. The molecule has 33 heavy (non-hydrogen) atoms. The summed E-state index contributed by atoms with van der Waals surface area (Å²) in [6.45, 7) is 8.10. The molecule has 0 atom stereocenters. The van der Waals surface area contributed by atoms with Crippen molar-refractivity contribution in [2.45, 2.75) is 31.5 Å². The van der Waals surface area contributed by atoms with Crippen LogP contribution in [-0.2, 0) is 16.1 Å². The van der Waals surface area contributed by atoms with Gasteiger partial charge in [-0.2, -0.15) is 0 Å². The lowest BCUT2D eigenvalue weighted by atomic mass is 10.0. The molecule has 0 bridgehead atoms. The Morgan fingerprint density at radius 1 is 1.09 bits per heavy atom. The van der Waals surface area contributed by atoms with E-state index in [2.05, 4.69) is 34.3 Å². The van der Waals surface area contributed by atoms with Crippen LogP contribution in [-0.4, -0.2) is 57.6 Å². The molecule has 0 radical (unpaired) electrons. The van der Waals surface area contributed by atoms with Crippen molar-refractivity contribution in [3.8, 4) is 5.69 Å². The zero-order chi connectivity index (χ0) is 23.2. The van der Waals surface area contributed by atoms with Gasteiger partial charge in [0.05, 0.1) is 25.5 Å². The maximum atomic E-state index is 12.6. The smallest absolute Gasteiger partial charge is 0.234 e. The number of hydrogen-bond donors (Lipinski definition) is 1. The molecule has 1 amide bonds. The van der Waals surface area contributed by atoms with E-state index >= 15 is 0 Å². The standard InChI is InChI=1S/C24H28ClN5O2S/c1-17(2)18-3-7-20(8-4-18)26-23(31)16-33-24-28-27-22(15-29-11-13-32-14-12-29)30(24)21-9-5-19(25)6-10-21/h3-10,17H,11-16H2,1-2H3,(H,26,31). The van der Waals surface area contributed by atoms with Crippen molar-refractivity contribution >= 4 is 35.0 Å². The van der Waals surface area contributed by atoms with E-state index in [0.717, 1.165) is 43.5 Å². The first-order valence-electron chi connectivity index (χ1n) is 11.0. The van der Waals surface area contributed by atoms with Crippen LogP contribution in [0, 0.1) is 0 Å². The molecule has 1 saturated heterocycles. The van der Waals surface area contributed by atoms with Crippen molar-refractivity contribution in [1.82, 2.24) is 19.7 Å². The number of carbonyl (C=O) groups excluding carboxylic acids is 1. The summed E-state index contributed by atoms with van der Waals surface area (Å²) in [6.07, 6.45) is 0. The summed E-state index contributed by atoms with van der Waals surface area (Å²) >= 11 is 7.46. The molecule has 3 aromatic rings. The van der Waals surface area contributed by atoms with Crippen molar-refractivity contribution in [2.75, 3.05) is 37.4 Å². The van der Waals surface area contributed by atoms with Gasteiger partial charge in [-0.3, -0.25) is 14.3 Å². The number of ether oxygens (including phenoxy) is 1. The molecule has 0 unspecified atom stereocenters. The molecule has 1 aromatic heterocycles. The predicted molar refractivity (Wildman–Crippen MR) is 132 cm³/mol. The van der Waals surface area contributed by atoms with Crippen molar-refractivity contribution in [3.05, 3.63) is 64.9 Å². The van der Waals surface area contributed by atoms with E-state index in [1.165, 1.54) is 17.3 Å². The molecule has 0 spiro atoms. The third-order valence-corrected chi connectivity index (χ3v) is 6.63. The Hall–Kier alpha value is -2.39. The van der Waals surface area contributed by atoms with Crippen molar-refractivity contribution in [2.24, 2.45) is 0 Å². The minimum Gasteiger partial charge on any atom is -0.379 e. The Labute approximate surface area is 203 Å². The van der Waals surface area contributed by atoms with Crippen LogP contribution in [0.15, 0.2) is 53.7 Å². The molecular formula is C24H28ClN5O2S. The van der Waals surface area contributed by atoms with Gasteiger partial charge in [0.2, 0.25) is 5.91 Å². The zero-order valence-electron chi connectivity index (χ0n) is 18.8. The van der Waals surface area contributed by atoms with E-state index in [4.69, 9.17) is 16.3 Å². The van der Waals surface area contributed by atoms with E-state index in [0.29, 0.717) is 22.6 Å². The fourth-order valence-corrected chi connectivity index (χ4v) is 4.48. The molecule has 1 aliphatic rings. The number of nitrogens with zero attached hydrogens (tertiary/aromatic N) is 4. The number of carbonyl (C=O) groups is 1. The summed E-state index contributed by atoms with van der Waals surface area (Å²) in [5, 5.41) is 13.1. The summed E-state index contributed by atoms with van der Waals surface area (Å²) < 4.78 is 7.46. The quantitative estimate of drug-likeness (QED) is 0.470.